The van der Waals surface area contributed by atoms with Crippen molar-refractivity contribution in [2.24, 2.45) is 0 Å². The number of hydrogen-bond acceptors (Lipinski definition) is 5. The molecular weight excluding hydrogens is 362 g/mol. The number of nitro groups is 1. The van der Waals surface area contributed by atoms with Crippen LogP contribution in [-0.4, -0.2) is 24.6 Å². The molecule has 0 aliphatic heterocycles. The summed E-state index contributed by atoms with van der Waals surface area (Å²) >= 11 is 0. The van der Waals surface area contributed by atoms with Gasteiger partial charge in [-0.2, -0.15) is 8.78 Å². The van der Waals surface area contributed by atoms with Crippen LogP contribution in [0.1, 0.15) is 11.1 Å². The first-order valence-corrected chi connectivity index (χ1v) is 7.71. The van der Waals surface area contributed by atoms with E-state index in [0.717, 1.165) is 0 Å². The number of rotatable bonds is 8. The summed E-state index contributed by atoms with van der Waals surface area (Å²) in [6.45, 7) is -2.84. The molecular formula is C18H16F2N2O5. The zero-order chi connectivity index (χ0) is 19.8. The molecule has 1 amide bonds. The third-order valence-corrected chi connectivity index (χ3v) is 3.42. The number of amides is 1. The molecule has 2 aromatic carbocycles. The van der Waals surface area contributed by atoms with Crippen molar-refractivity contribution in [2.45, 2.75) is 13.2 Å². The maximum Gasteiger partial charge on any atom is 0.387 e. The molecule has 0 spiro atoms. The van der Waals surface area contributed by atoms with Crippen LogP contribution < -0.4 is 14.8 Å². The average molecular weight is 378 g/mol. The second-order valence-electron chi connectivity index (χ2n) is 5.27. The first-order chi connectivity index (χ1) is 12.9. The number of nitro benzene ring substituents is 1. The molecule has 0 aliphatic carbocycles. The molecule has 9 heteroatoms. The number of benzene rings is 2. The number of ether oxygens (including phenoxy) is 2. The standard InChI is InChI=1S/C18H16F2N2O5/c1-26-16-10-13(5-7-15(16)27-18(19)20)11-21-17(23)8-6-12-3-2-4-14(9-12)22(24)25/h2-10,18H,11H2,1H3,(H,21,23)/b8-6+. The van der Waals surface area contributed by atoms with Gasteiger partial charge in [-0.3, -0.25) is 14.9 Å². The van der Waals surface area contributed by atoms with Crippen molar-refractivity contribution in [2.75, 3.05) is 7.11 Å². The molecule has 27 heavy (non-hydrogen) atoms. The van der Waals surface area contributed by atoms with E-state index in [4.69, 9.17) is 4.74 Å². The summed E-state index contributed by atoms with van der Waals surface area (Å²) in [6.07, 6.45) is 2.69. The van der Waals surface area contributed by atoms with Gasteiger partial charge < -0.3 is 14.8 Å². The zero-order valence-corrected chi connectivity index (χ0v) is 14.2. The third-order valence-electron chi connectivity index (χ3n) is 3.42. The van der Waals surface area contributed by atoms with Gasteiger partial charge in [0.2, 0.25) is 5.91 Å². The lowest BCUT2D eigenvalue weighted by atomic mass is 10.2. The van der Waals surface area contributed by atoms with E-state index in [-0.39, 0.29) is 23.7 Å². The van der Waals surface area contributed by atoms with Gasteiger partial charge in [-0.1, -0.05) is 18.2 Å². The Morgan fingerprint density at radius 3 is 2.70 bits per heavy atom. The van der Waals surface area contributed by atoms with Crippen LogP contribution >= 0.6 is 0 Å². The van der Waals surface area contributed by atoms with E-state index in [9.17, 15) is 23.7 Å². The fraction of sp³-hybridized carbons (Fsp3) is 0.167. The Morgan fingerprint density at radius 2 is 2.04 bits per heavy atom. The summed E-state index contributed by atoms with van der Waals surface area (Å²) in [5.41, 5.74) is 1.05. The molecule has 0 saturated carbocycles. The fourth-order valence-corrected chi connectivity index (χ4v) is 2.18. The van der Waals surface area contributed by atoms with Crippen LogP contribution in [0.15, 0.2) is 48.5 Å². The minimum atomic E-state index is -2.97. The molecule has 2 aromatic rings. The van der Waals surface area contributed by atoms with Crippen molar-refractivity contribution >= 4 is 17.7 Å². The normalized spacial score (nSPS) is 10.8. The Labute approximate surface area is 153 Å². The second kappa shape index (κ2) is 9.27. The van der Waals surface area contributed by atoms with Gasteiger partial charge in [0.1, 0.15) is 0 Å². The van der Waals surface area contributed by atoms with Crippen LogP contribution in [0.5, 0.6) is 11.5 Å². The quantitative estimate of drug-likeness (QED) is 0.431. The lowest BCUT2D eigenvalue weighted by Gasteiger charge is -2.11. The Kier molecular flexibility index (Phi) is 6.81. The van der Waals surface area contributed by atoms with Crippen molar-refractivity contribution in [1.82, 2.24) is 5.32 Å². The van der Waals surface area contributed by atoms with Crippen molar-refractivity contribution in [3.8, 4) is 11.5 Å². The average Bonchev–Trinajstić information content (AvgIpc) is 2.65. The fourth-order valence-electron chi connectivity index (χ4n) is 2.18. The van der Waals surface area contributed by atoms with E-state index in [0.29, 0.717) is 11.1 Å². The van der Waals surface area contributed by atoms with Gasteiger partial charge in [-0.25, -0.2) is 0 Å². The topological polar surface area (TPSA) is 90.7 Å². The maximum absolute atomic E-state index is 12.3. The number of carbonyl (C=O) groups excluding carboxylic acids is 1. The number of non-ortho nitro benzene ring substituents is 1. The van der Waals surface area contributed by atoms with Crippen LogP contribution in [0.2, 0.25) is 0 Å². The SMILES string of the molecule is COc1cc(CNC(=O)/C=C/c2cccc([N+](=O)[O-])c2)ccc1OC(F)F. The highest BCUT2D eigenvalue weighted by atomic mass is 19.3. The van der Waals surface area contributed by atoms with Crippen molar-refractivity contribution in [3.05, 3.63) is 69.8 Å². The smallest absolute Gasteiger partial charge is 0.387 e. The lowest BCUT2D eigenvalue weighted by Crippen LogP contribution is -2.20. The van der Waals surface area contributed by atoms with Gasteiger partial charge >= 0.3 is 6.61 Å². The summed E-state index contributed by atoms with van der Waals surface area (Å²) in [5.74, 6) is -0.407. The van der Waals surface area contributed by atoms with E-state index >= 15 is 0 Å². The number of hydrogen-bond donors (Lipinski definition) is 1. The molecule has 0 aromatic heterocycles. The number of nitrogens with zero attached hydrogens (tertiary/aromatic N) is 1. The molecule has 0 unspecified atom stereocenters. The van der Waals surface area contributed by atoms with Gasteiger partial charge in [-0.05, 0) is 29.3 Å². The van der Waals surface area contributed by atoms with Crippen LogP contribution in [-0.2, 0) is 11.3 Å². The van der Waals surface area contributed by atoms with E-state index < -0.39 is 17.4 Å². The predicted octanol–water partition coefficient (Wildman–Crippen LogP) is 3.53. The number of alkyl halides is 2. The number of nitrogens with one attached hydrogen (secondary N) is 1. The third kappa shape index (κ3) is 6.07. The van der Waals surface area contributed by atoms with Crippen LogP contribution in [0.25, 0.3) is 6.08 Å². The molecule has 1 N–H and O–H groups in total. The lowest BCUT2D eigenvalue weighted by molar-refractivity contribution is -0.384. The van der Waals surface area contributed by atoms with Crippen LogP contribution in [0, 0.1) is 10.1 Å². The van der Waals surface area contributed by atoms with E-state index in [1.807, 2.05) is 0 Å². The minimum Gasteiger partial charge on any atom is -0.493 e. The highest BCUT2D eigenvalue weighted by Gasteiger charge is 2.11. The molecule has 7 nitrogen and oxygen atoms in total. The minimum absolute atomic E-state index is 0.0734. The largest absolute Gasteiger partial charge is 0.493 e. The van der Waals surface area contributed by atoms with Gasteiger partial charge in [0.25, 0.3) is 5.69 Å². The highest BCUT2D eigenvalue weighted by molar-refractivity contribution is 5.91. The van der Waals surface area contributed by atoms with Crippen molar-refractivity contribution in [1.29, 1.82) is 0 Å². The molecule has 0 atom stereocenters. The maximum atomic E-state index is 12.3. The summed E-state index contributed by atoms with van der Waals surface area (Å²) < 4.78 is 33.9. The monoisotopic (exact) mass is 378 g/mol. The molecule has 2 rings (SSSR count). The molecule has 0 heterocycles. The zero-order valence-electron chi connectivity index (χ0n) is 14.2. The Balaban J connectivity index is 1.97. The highest BCUT2D eigenvalue weighted by Crippen LogP contribution is 2.29. The molecule has 0 aliphatic rings. The Bertz CT molecular complexity index is 855. The van der Waals surface area contributed by atoms with Gasteiger partial charge in [0, 0.05) is 24.8 Å². The van der Waals surface area contributed by atoms with Gasteiger partial charge in [0.15, 0.2) is 11.5 Å². The second-order valence-corrected chi connectivity index (χ2v) is 5.27. The molecule has 0 saturated heterocycles. The summed E-state index contributed by atoms with van der Waals surface area (Å²) in [5, 5.41) is 13.3. The van der Waals surface area contributed by atoms with Gasteiger partial charge in [0.05, 0.1) is 12.0 Å². The summed E-state index contributed by atoms with van der Waals surface area (Å²) in [6, 6.07) is 10.2. The van der Waals surface area contributed by atoms with Crippen molar-refractivity contribution < 1.29 is 28.0 Å². The van der Waals surface area contributed by atoms with E-state index in [1.54, 1.807) is 6.07 Å². The first-order valence-electron chi connectivity index (χ1n) is 7.71. The Hall–Kier alpha value is -3.49. The number of halogens is 2. The van der Waals surface area contributed by atoms with E-state index in [2.05, 4.69) is 10.1 Å². The van der Waals surface area contributed by atoms with E-state index in [1.165, 1.54) is 55.7 Å². The van der Waals surface area contributed by atoms with Crippen molar-refractivity contribution in [3.63, 3.8) is 0 Å². The Morgan fingerprint density at radius 1 is 1.26 bits per heavy atom. The summed E-state index contributed by atoms with van der Waals surface area (Å²) in [4.78, 5) is 22.1. The molecule has 0 bridgehead atoms. The van der Waals surface area contributed by atoms with Gasteiger partial charge in [-0.15, -0.1) is 0 Å². The number of carbonyl (C=O) groups is 1. The molecule has 0 fully saturated rings. The first kappa shape index (κ1) is 19.8. The molecule has 0 radical (unpaired) electrons. The van der Waals surface area contributed by atoms with Crippen LogP contribution in [0.3, 0.4) is 0 Å². The molecule has 142 valence electrons. The number of methoxy groups -OCH3 is 1. The predicted molar refractivity (Wildman–Crippen MR) is 93.6 cm³/mol. The van der Waals surface area contributed by atoms with Crippen LogP contribution in [0.4, 0.5) is 14.5 Å². The summed E-state index contributed by atoms with van der Waals surface area (Å²) in [7, 11) is 1.32.